The van der Waals surface area contributed by atoms with Gasteiger partial charge in [0.1, 0.15) is 0 Å². The van der Waals surface area contributed by atoms with E-state index < -0.39 is 6.29 Å². The highest BCUT2D eigenvalue weighted by molar-refractivity contribution is 5.55. The molecule has 4 nitrogen and oxygen atoms in total. The summed E-state index contributed by atoms with van der Waals surface area (Å²) >= 11 is 0. The minimum Gasteiger partial charge on any atom is -0.372 e. The monoisotopic (exact) mass is 131 g/mol. The number of rotatable bonds is 1. The zero-order valence-corrected chi connectivity index (χ0v) is 5.40. The summed E-state index contributed by atoms with van der Waals surface area (Å²) in [6, 6.07) is 0. The molecule has 0 radical (unpaired) electrons. The number of nitrogens with zero attached hydrogens (tertiary/aromatic N) is 1. The van der Waals surface area contributed by atoms with Gasteiger partial charge in [-0.05, 0) is 6.92 Å². The SMILES string of the molecule is CO[C@H]1O[N+]([O-])=C[C@H]1C. The first-order chi connectivity index (χ1) is 4.24. The lowest BCUT2D eigenvalue weighted by Gasteiger charge is -2.11. The molecule has 0 aromatic rings. The van der Waals surface area contributed by atoms with E-state index in [0.717, 1.165) is 0 Å². The molecule has 0 amide bonds. The normalized spacial score (nSPS) is 33.8. The Morgan fingerprint density at radius 1 is 1.78 bits per heavy atom. The van der Waals surface area contributed by atoms with Gasteiger partial charge in [-0.3, -0.25) is 5.21 Å². The van der Waals surface area contributed by atoms with Crippen LogP contribution in [0.3, 0.4) is 0 Å². The molecule has 0 aliphatic carbocycles. The van der Waals surface area contributed by atoms with Crippen molar-refractivity contribution in [3.8, 4) is 0 Å². The highest BCUT2D eigenvalue weighted by Crippen LogP contribution is 2.11. The van der Waals surface area contributed by atoms with Crippen molar-refractivity contribution in [3.05, 3.63) is 5.21 Å². The average molecular weight is 131 g/mol. The Hall–Kier alpha value is -0.770. The molecule has 9 heavy (non-hydrogen) atoms. The van der Waals surface area contributed by atoms with E-state index in [0.29, 0.717) is 4.90 Å². The van der Waals surface area contributed by atoms with Gasteiger partial charge in [0, 0.05) is 12.0 Å². The van der Waals surface area contributed by atoms with E-state index in [1.165, 1.54) is 13.3 Å². The van der Waals surface area contributed by atoms with Crippen molar-refractivity contribution in [2.75, 3.05) is 7.11 Å². The molecule has 0 aromatic carbocycles. The summed E-state index contributed by atoms with van der Waals surface area (Å²) in [4.78, 5) is 5.05. The average Bonchev–Trinajstić information content (AvgIpc) is 2.10. The highest BCUT2D eigenvalue weighted by Gasteiger charge is 2.25. The molecule has 0 N–H and O–H groups in total. The van der Waals surface area contributed by atoms with Gasteiger partial charge in [0.15, 0.2) is 6.29 Å². The molecule has 1 aliphatic heterocycles. The first-order valence-electron chi connectivity index (χ1n) is 2.75. The third kappa shape index (κ3) is 1.13. The van der Waals surface area contributed by atoms with E-state index >= 15 is 0 Å². The molecule has 0 fully saturated rings. The van der Waals surface area contributed by atoms with Gasteiger partial charge in [-0.15, -0.1) is 0 Å². The summed E-state index contributed by atoms with van der Waals surface area (Å²) in [6.07, 6.45) is 1.02. The zero-order chi connectivity index (χ0) is 6.85. The van der Waals surface area contributed by atoms with Crippen molar-refractivity contribution in [3.63, 3.8) is 0 Å². The van der Waals surface area contributed by atoms with E-state index in [-0.39, 0.29) is 5.92 Å². The summed E-state index contributed by atoms with van der Waals surface area (Å²) in [5.74, 6) is 0.0486. The Morgan fingerprint density at radius 2 is 2.44 bits per heavy atom. The van der Waals surface area contributed by atoms with Crippen LogP contribution in [0.4, 0.5) is 0 Å². The van der Waals surface area contributed by atoms with Crippen LogP contribution in [0.5, 0.6) is 0 Å². The first-order valence-corrected chi connectivity index (χ1v) is 2.75. The Balaban J connectivity index is 2.49. The third-order valence-electron chi connectivity index (χ3n) is 1.23. The lowest BCUT2D eigenvalue weighted by molar-refractivity contribution is -0.749. The minimum atomic E-state index is -0.400. The molecule has 2 atom stereocenters. The Bertz CT molecular complexity index is 134. The second-order valence-corrected chi connectivity index (χ2v) is 2.00. The van der Waals surface area contributed by atoms with Crippen molar-refractivity contribution < 1.29 is 14.5 Å². The lowest BCUT2D eigenvalue weighted by atomic mass is 10.2. The van der Waals surface area contributed by atoms with Crippen molar-refractivity contribution in [2.45, 2.75) is 13.2 Å². The van der Waals surface area contributed by atoms with Crippen LogP contribution < -0.4 is 0 Å². The zero-order valence-electron chi connectivity index (χ0n) is 5.40. The Kier molecular flexibility index (Phi) is 1.57. The fourth-order valence-electron chi connectivity index (χ4n) is 0.753. The smallest absolute Gasteiger partial charge is 0.216 e. The molecule has 0 bridgehead atoms. The molecule has 0 saturated heterocycles. The summed E-state index contributed by atoms with van der Waals surface area (Å²) in [5.41, 5.74) is 0. The molecular weight excluding hydrogens is 122 g/mol. The summed E-state index contributed by atoms with van der Waals surface area (Å²) in [6.45, 7) is 1.85. The van der Waals surface area contributed by atoms with Gasteiger partial charge in [-0.25, -0.2) is 0 Å². The maximum absolute atomic E-state index is 10.4. The van der Waals surface area contributed by atoms with E-state index in [1.807, 2.05) is 6.92 Å². The molecule has 0 spiro atoms. The van der Waals surface area contributed by atoms with Crippen LogP contribution in [0.25, 0.3) is 0 Å². The van der Waals surface area contributed by atoms with Crippen LogP contribution in [-0.2, 0) is 9.57 Å². The molecule has 52 valence electrons. The van der Waals surface area contributed by atoms with Gasteiger partial charge in [0.05, 0.1) is 5.92 Å². The second kappa shape index (κ2) is 2.23. The van der Waals surface area contributed by atoms with Gasteiger partial charge < -0.3 is 9.57 Å². The van der Waals surface area contributed by atoms with Gasteiger partial charge in [-0.1, -0.05) is 0 Å². The number of hydrogen-bond acceptors (Lipinski definition) is 3. The predicted molar refractivity (Wildman–Crippen MR) is 30.7 cm³/mol. The van der Waals surface area contributed by atoms with Crippen molar-refractivity contribution >= 4 is 6.21 Å². The van der Waals surface area contributed by atoms with Gasteiger partial charge in [0.25, 0.3) is 0 Å². The van der Waals surface area contributed by atoms with Crippen molar-refractivity contribution in [1.82, 2.24) is 0 Å². The molecule has 0 unspecified atom stereocenters. The van der Waals surface area contributed by atoms with Crippen LogP contribution in [0, 0.1) is 11.1 Å². The molecule has 1 rings (SSSR count). The number of methoxy groups -OCH3 is 1. The first kappa shape index (κ1) is 6.35. The largest absolute Gasteiger partial charge is 0.372 e. The highest BCUT2D eigenvalue weighted by atomic mass is 16.9. The topological polar surface area (TPSA) is 44.5 Å². The van der Waals surface area contributed by atoms with E-state index in [4.69, 9.17) is 4.74 Å². The summed E-state index contributed by atoms with van der Waals surface area (Å²) < 4.78 is 4.80. The molecular formula is C5H9NO3. The van der Waals surface area contributed by atoms with E-state index in [1.54, 1.807) is 0 Å². The van der Waals surface area contributed by atoms with Crippen LogP contribution in [0.1, 0.15) is 6.92 Å². The maximum Gasteiger partial charge on any atom is 0.216 e. The van der Waals surface area contributed by atoms with Crippen molar-refractivity contribution in [1.29, 1.82) is 0 Å². The molecule has 0 saturated carbocycles. The maximum atomic E-state index is 10.4. The van der Waals surface area contributed by atoms with Crippen LogP contribution in [-0.4, -0.2) is 24.5 Å². The van der Waals surface area contributed by atoms with Crippen molar-refractivity contribution in [2.24, 2.45) is 5.92 Å². The molecule has 1 heterocycles. The standard InChI is InChI=1S/C5H9NO3/c1-4-3-6(7)9-5(4)8-2/h3-5H,1-2H3/t4-,5+/m1/s1. The van der Waals surface area contributed by atoms with Gasteiger partial charge in [0.2, 0.25) is 6.21 Å². The quantitative estimate of drug-likeness (QED) is 0.475. The summed E-state index contributed by atoms with van der Waals surface area (Å²) in [5, 5.41) is 10.4. The molecule has 1 aliphatic rings. The van der Waals surface area contributed by atoms with Gasteiger partial charge >= 0.3 is 0 Å². The molecule has 4 heteroatoms. The number of ether oxygens (including phenoxy) is 1. The molecule has 0 aromatic heterocycles. The van der Waals surface area contributed by atoms with E-state index in [2.05, 4.69) is 4.84 Å². The fourth-order valence-corrected chi connectivity index (χ4v) is 0.753. The Labute approximate surface area is 53.2 Å². The van der Waals surface area contributed by atoms with E-state index in [9.17, 15) is 5.21 Å². The second-order valence-electron chi connectivity index (χ2n) is 2.00. The summed E-state index contributed by atoms with van der Waals surface area (Å²) in [7, 11) is 1.51. The third-order valence-corrected chi connectivity index (χ3v) is 1.23. The lowest BCUT2D eigenvalue weighted by Crippen LogP contribution is -2.18. The Morgan fingerprint density at radius 3 is 2.67 bits per heavy atom. The predicted octanol–water partition coefficient (Wildman–Crippen LogP) is 0.121. The number of hydrogen-bond donors (Lipinski definition) is 0. The fraction of sp³-hybridized carbons (Fsp3) is 0.800. The van der Waals surface area contributed by atoms with Crippen LogP contribution in [0.15, 0.2) is 0 Å². The van der Waals surface area contributed by atoms with Gasteiger partial charge in [-0.2, -0.15) is 0 Å². The van der Waals surface area contributed by atoms with Crippen LogP contribution in [0.2, 0.25) is 0 Å². The minimum absolute atomic E-state index is 0.0486. The van der Waals surface area contributed by atoms with Crippen LogP contribution >= 0.6 is 0 Å².